The molecule has 112 valence electrons. The zero-order valence-corrected chi connectivity index (χ0v) is 12.2. The molecule has 2 N–H and O–H groups in total. The molecule has 0 aliphatic heterocycles. The van der Waals surface area contributed by atoms with Gasteiger partial charge < -0.3 is 10.4 Å². The Labute approximate surface area is 124 Å². The summed E-state index contributed by atoms with van der Waals surface area (Å²) in [5, 5.41) is 11.5. The van der Waals surface area contributed by atoms with Gasteiger partial charge in [-0.05, 0) is 37.0 Å². The summed E-state index contributed by atoms with van der Waals surface area (Å²) >= 11 is 0. The van der Waals surface area contributed by atoms with Gasteiger partial charge in [0.2, 0.25) is 0 Å². The number of aliphatic hydroxyl groups is 1. The lowest BCUT2D eigenvalue weighted by Crippen LogP contribution is -2.35. The first-order valence-electron chi connectivity index (χ1n) is 7.34. The molecule has 1 atom stereocenters. The van der Waals surface area contributed by atoms with Crippen molar-refractivity contribution in [1.29, 1.82) is 0 Å². The van der Waals surface area contributed by atoms with E-state index >= 15 is 0 Å². The van der Waals surface area contributed by atoms with Crippen LogP contribution in [-0.4, -0.2) is 23.7 Å². The molecule has 0 heterocycles. The predicted molar refractivity (Wildman–Crippen MR) is 79.3 cm³/mol. The van der Waals surface area contributed by atoms with Crippen LogP contribution in [-0.2, 0) is 0 Å². The summed E-state index contributed by atoms with van der Waals surface area (Å²) < 4.78 is 14.0. The smallest absolute Gasteiger partial charge is 0.254 e. The number of hydrogen-bond acceptors (Lipinski definition) is 2. The van der Waals surface area contributed by atoms with E-state index in [1.807, 2.05) is 6.92 Å². The highest BCUT2D eigenvalue weighted by molar-refractivity contribution is 5.94. The number of carbonyl (C=O) groups is 1. The summed E-state index contributed by atoms with van der Waals surface area (Å²) in [6.45, 7) is 1.75. The lowest BCUT2D eigenvalue weighted by Gasteiger charge is -2.17. The van der Waals surface area contributed by atoms with E-state index in [-0.39, 0.29) is 24.1 Å². The molecule has 1 aromatic rings. The van der Waals surface area contributed by atoms with E-state index in [1.165, 1.54) is 25.0 Å². The van der Waals surface area contributed by atoms with Crippen LogP contribution in [0.5, 0.6) is 0 Å². The highest BCUT2D eigenvalue weighted by atomic mass is 19.1. The average Bonchev–Trinajstić information content (AvgIpc) is 3.28. The van der Waals surface area contributed by atoms with E-state index in [0.29, 0.717) is 5.56 Å². The molecule has 1 unspecified atom stereocenters. The summed E-state index contributed by atoms with van der Waals surface area (Å²) in [5.41, 5.74) is 0.488. The molecule has 1 aliphatic rings. The molecule has 0 spiro atoms. The molecule has 1 saturated carbocycles. The third-order valence-corrected chi connectivity index (χ3v) is 3.67. The summed E-state index contributed by atoms with van der Waals surface area (Å²) in [6.07, 6.45) is 4.30. The van der Waals surface area contributed by atoms with Crippen LogP contribution in [0.3, 0.4) is 0 Å². The number of rotatable bonds is 5. The van der Waals surface area contributed by atoms with Crippen molar-refractivity contribution in [2.75, 3.05) is 6.61 Å². The monoisotopic (exact) mass is 289 g/mol. The van der Waals surface area contributed by atoms with E-state index in [9.17, 15) is 9.18 Å². The van der Waals surface area contributed by atoms with Gasteiger partial charge in [0.25, 0.3) is 5.91 Å². The van der Waals surface area contributed by atoms with Crippen molar-refractivity contribution in [2.45, 2.75) is 38.6 Å². The van der Waals surface area contributed by atoms with Gasteiger partial charge in [-0.1, -0.05) is 31.6 Å². The minimum atomic E-state index is -0.585. The van der Waals surface area contributed by atoms with Crippen LogP contribution >= 0.6 is 0 Å². The molecule has 0 radical (unpaired) electrons. The number of aliphatic hydroxyl groups excluding tert-OH is 1. The van der Waals surface area contributed by atoms with Crippen molar-refractivity contribution in [3.63, 3.8) is 0 Å². The van der Waals surface area contributed by atoms with Crippen LogP contribution in [0.1, 0.15) is 48.5 Å². The van der Waals surface area contributed by atoms with Gasteiger partial charge in [-0.3, -0.25) is 4.79 Å². The van der Waals surface area contributed by atoms with Gasteiger partial charge in [0, 0.05) is 11.6 Å². The van der Waals surface area contributed by atoms with E-state index in [1.54, 1.807) is 6.07 Å². The Morgan fingerprint density at radius 2 is 2.29 bits per heavy atom. The zero-order chi connectivity index (χ0) is 15.2. The maximum atomic E-state index is 14.0. The molecule has 1 amide bonds. The van der Waals surface area contributed by atoms with E-state index in [4.69, 9.17) is 5.11 Å². The van der Waals surface area contributed by atoms with Gasteiger partial charge in [0.05, 0.1) is 5.56 Å². The Morgan fingerprint density at radius 3 is 2.86 bits per heavy atom. The van der Waals surface area contributed by atoms with Gasteiger partial charge in [-0.15, -0.1) is 0 Å². The minimum absolute atomic E-state index is 0.0406. The largest absolute Gasteiger partial charge is 0.384 e. The Kier molecular flexibility index (Phi) is 5.35. The highest BCUT2D eigenvalue weighted by Gasteiger charge is 2.26. The van der Waals surface area contributed by atoms with E-state index < -0.39 is 5.82 Å². The van der Waals surface area contributed by atoms with Gasteiger partial charge in [0.15, 0.2) is 0 Å². The van der Waals surface area contributed by atoms with Gasteiger partial charge in [-0.25, -0.2) is 4.39 Å². The molecule has 0 aromatic heterocycles. The maximum Gasteiger partial charge on any atom is 0.254 e. The van der Waals surface area contributed by atoms with Gasteiger partial charge in [0.1, 0.15) is 12.4 Å². The number of amides is 1. The zero-order valence-electron chi connectivity index (χ0n) is 12.2. The molecule has 2 rings (SSSR count). The Bertz CT molecular complexity index is 570. The topological polar surface area (TPSA) is 49.3 Å². The molecule has 0 saturated heterocycles. The fourth-order valence-electron chi connectivity index (χ4n) is 2.27. The molecule has 1 aliphatic carbocycles. The lowest BCUT2D eigenvalue weighted by atomic mass is 10.1. The van der Waals surface area contributed by atoms with E-state index in [2.05, 4.69) is 17.2 Å². The first-order chi connectivity index (χ1) is 10.1. The average molecular weight is 289 g/mol. The van der Waals surface area contributed by atoms with Gasteiger partial charge >= 0.3 is 0 Å². The quantitative estimate of drug-likeness (QED) is 0.818. The summed E-state index contributed by atoms with van der Waals surface area (Å²) in [5.74, 6) is 4.83. The predicted octanol–water partition coefficient (Wildman–Crippen LogP) is 2.48. The maximum absolute atomic E-state index is 14.0. The standard InChI is InChI=1S/C17H20FNO2/c1-2-14(10-13-5-6-13)19-17(21)15-8-7-12(4-3-9-20)11-16(15)18/h7-8,11,13-14,20H,2,5-6,9-10H2,1H3,(H,19,21). The summed E-state index contributed by atoms with van der Waals surface area (Å²) in [6, 6.07) is 4.36. The number of carbonyl (C=O) groups excluding carboxylic acids is 1. The van der Waals surface area contributed by atoms with Crippen molar-refractivity contribution in [3.8, 4) is 11.8 Å². The summed E-state index contributed by atoms with van der Waals surface area (Å²) in [7, 11) is 0. The van der Waals surface area contributed by atoms with Crippen molar-refractivity contribution in [1.82, 2.24) is 5.32 Å². The minimum Gasteiger partial charge on any atom is -0.384 e. The van der Waals surface area contributed by atoms with Crippen LogP contribution < -0.4 is 5.32 Å². The molecule has 3 nitrogen and oxygen atoms in total. The highest BCUT2D eigenvalue weighted by Crippen LogP contribution is 2.34. The molecule has 21 heavy (non-hydrogen) atoms. The van der Waals surface area contributed by atoms with Crippen LogP contribution in [0.4, 0.5) is 4.39 Å². The van der Waals surface area contributed by atoms with Crippen molar-refractivity contribution in [2.24, 2.45) is 5.92 Å². The van der Waals surface area contributed by atoms with Gasteiger partial charge in [-0.2, -0.15) is 0 Å². The van der Waals surface area contributed by atoms with Crippen molar-refractivity contribution < 1.29 is 14.3 Å². The number of hydrogen-bond donors (Lipinski definition) is 2. The number of nitrogens with one attached hydrogen (secondary N) is 1. The second kappa shape index (κ2) is 7.24. The fraction of sp³-hybridized carbons (Fsp3) is 0.471. The normalized spacial score (nSPS) is 15.0. The lowest BCUT2D eigenvalue weighted by molar-refractivity contribution is 0.0928. The third-order valence-electron chi connectivity index (χ3n) is 3.67. The fourth-order valence-corrected chi connectivity index (χ4v) is 2.27. The second-order valence-electron chi connectivity index (χ2n) is 5.41. The first kappa shape index (κ1) is 15.5. The molecule has 1 fully saturated rings. The van der Waals surface area contributed by atoms with Crippen molar-refractivity contribution in [3.05, 3.63) is 35.1 Å². The SMILES string of the molecule is CCC(CC1CC1)NC(=O)c1ccc(C#CCO)cc1F. The summed E-state index contributed by atoms with van der Waals surface area (Å²) in [4.78, 5) is 12.1. The number of halogens is 1. The first-order valence-corrected chi connectivity index (χ1v) is 7.34. The number of benzene rings is 1. The Balaban J connectivity index is 2.03. The third kappa shape index (κ3) is 4.57. The molecular formula is C17H20FNO2. The van der Waals surface area contributed by atoms with Crippen LogP contribution in [0.25, 0.3) is 0 Å². The molecular weight excluding hydrogens is 269 g/mol. The second-order valence-corrected chi connectivity index (χ2v) is 5.41. The van der Waals surface area contributed by atoms with E-state index in [0.717, 1.165) is 18.8 Å². The Morgan fingerprint density at radius 1 is 1.52 bits per heavy atom. The van der Waals surface area contributed by atoms with Crippen LogP contribution in [0.2, 0.25) is 0 Å². The van der Waals surface area contributed by atoms with Crippen LogP contribution in [0, 0.1) is 23.6 Å². The molecule has 1 aromatic carbocycles. The Hall–Kier alpha value is -1.86. The van der Waals surface area contributed by atoms with Crippen molar-refractivity contribution >= 4 is 5.91 Å². The van der Waals surface area contributed by atoms with Crippen LogP contribution in [0.15, 0.2) is 18.2 Å². The molecule has 0 bridgehead atoms. The molecule has 4 heteroatoms.